The van der Waals surface area contributed by atoms with E-state index in [0.717, 1.165) is 0 Å². The van der Waals surface area contributed by atoms with Gasteiger partial charge in [-0.3, -0.25) is 0 Å². The molecule has 0 nitrogen and oxygen atoms in total. The zero-order valence-electron chi connectivity index (χ0n) is 8.40. The van der Waals surface area contributed by atoms with Gasteiger partial charge in [-0.05, 0) is 19.2 Å². The molecule has 0 saturated heterocycles. The largest absolute Gasteiger partial charge is 0.413 e. The fourth-order valence-corrected chi connectivity index (χ4v) is 8.64. The summed E-state index contributed by atoms with van der Waals surface area (Å²) in [5, 5.41) is 5.89. The number of halogens is 2. The quantitative estimate of drug-likeness (QED) is 0.435. The van der Waals surface area contributed by atoms with E-state index < -0.39 is 13.9 Å². The van der Waals surface area contributed by atoms with Crippen LogP contribution in [0.5, 0.6) is 0 Å². The van der Waals surface area contributed by atoms with Gasteiger partial charge in [0, 0.05) is 5.19 Å². The molecule has 0 aliphatic heterocycles. The van der Waals surface area contributed by atoms with Gasteiger partial charge in [0.1, 0.15) is 10.8 Å². The van der Waals surface area contributed by atoms with Crippen molar-refractivity contribution < 1.29 is 0 Å². The first kappa shape index (κ1) is 11.8. The summed E-state index contributed by atoms with van der Waals surface area (Å²) in [6, 6.07) is 2.18. The maximum atomic E-state index is 6.38. The fraction of sp³-hybridized carbons (Fsp3) is 0.500. The van der Waals surface area contributed by atoms with Crippen molar-refractivity contribution in [3.63, 3.8) is 0 Å². The Labute approximate surface area is 93.9 Å². The maximum Gasteiger partial charge on any atom is 0.413 e. The first-order valence-electron chi connectivity index (χ1n) is 4.21. The van der Waals surface area contributed by atoms with Crippen LogP contribution in [0.2, 0.25) is 26.2 Å². The van der Waals surface area contributed by atoms with E-state index in [2.05, 4.69) is 43.0 Å². The molecule has 0 bridgehead atoms. The van der Waals surface area contributed by atoms with E-state index in [9.17, 15) is 0 Å². The van der Waals surface area contributed by atoms with E-state index in [1.807, 2.05) is 0 Å². The minimum Gasteiger partial charge on any atom is -0.161 e. The molecule has 0 aliphatic carbocycles. The zero-order chi connectivity index (χ0) is 10.3. The lowest BCUT2D eigenvalue weighted by Gasteiger charge is -2.07. The summed E-state index contributed by atoms with van der Waals surface area (Å²) in [4.78, 5) is 0. The van der Waals surface area contributed by atoms with Crippen LogP contribution in [0.15, 0.2) is 16.8 Å². The van der Waals surface area contributed by atoms with E-state index in [0.29, 0.717) is 0 Å². The highest BCUT2D eigenvalue weighted by molar-refractivity contribution is 7.84. The standard InChI is InChI=1S/C8H15Cl2SSi2/c1-12(2,9)8-5-6-11(7-8)13(3,4)10/h5-7H,1-4H3/q+1. The van der Waals surface area contributed by atoms with Crippen molar-refractivity contribution in [2.24, 2.45) is 0 Å². The molecule has 5 heteroatoms. The van der Waals surface area contributed by atoms with E-state index in [1.54, 1.807) is 0 Å². The van der Waals surface area contributed by atoms with Crippen molar-refractivity contribution >= 4 is 51.2 Å². The second kappa shape index (κ2) is 3.70. The van der Waals surface area contributed by atoms with E-state index in [1.165, 1.54) is 5.19 Å². The predicted molar refractivity (Wildman–Crippen MR) is 70.6 cm³/mol. The molecule has 13 heavy (non-hydrogen) atoms. The molecule has 1 rings (SSSR count). The summed E-state index contributed by atoms with van der Waals surface area (Å²) in [5.41, 5.74) is 0. The van der Waals surface area contributed by atoms with E-state index in [4.69, 9.17) is 22.2 Å². The van der Waals surface area contributed by atoms with Gasteiger partial charge < -0.3 is 0 Å². The van der Waals surface area contributed by atoms with Gasteiger partial charge in [-0.1, -0.05) is 34.1 Å². The number of hydrogen-bond acceptors (Lipinski definition) is 0. The summed E-state index contributed by atoms with van der Waals surface area (Å²) in [5.74, 6) is 0. The van der Waals surface area contributed by atoms with Crippen LogP contribution in [0.25, 0.3) is 0 Å². The van der Waals surface area contributed by atoms with Crippen molar-refractivity contribution in [2.45, 2.75) is 26.2 Å². The molecule has 0 amide bonds. The van der Waals surface area contributed by atoms with Crippen LogP contribution in [0.4, 0.5) is 0 Å². The highest BCUT2D eigenvalue weighted by atomic mass is 35.6. The molecule has 0 aromatic carbocycles. The minimum absolute atomic E-state index is 0.191. The normalized spacial score (nSPS) is 14.8. The maximum absolute atomic E-state index is 6.38. The number of rotatable bonds is 2. The van der Waals surface area contributed by atoms with Gasteiger partial charge in [0.2, 0.25) is 0 Å². The monoisotopic (exact) mass is 269 g/mol. The minimum atomic E-state index is -1.63. The highest BCUT2D eigenvalue weighted by Gasteiger charge is 2.35. The second-order valence-corrected chi connectivity index (χ2v) is 22.4. The molecule has 1 aromatic heterocycles. The van der Waals surface area contributed by atoms with Crippen LogP contribution < -0.4 is 5.19 Å². The first-order valence-corrected chi connectivity index (χ1v) is 14.3. The summed E-state index contributed by atoms with van der Waals surface area (Å²) in [7, 11) is -1.44. The molecule has 1 atom stereocenters. The Kier molecular flexibility index (Phi) is 3.35. The molecular weight excluding hydrogens is 255 g/mol. The van der Waals surface area contributed by atoms with Gasteiger partial charge in [0.25, 0.3) is 0 Å². The van der Waals surface area contributed by atoms with Gasteiger partial charge in [-0.2, -0.15) is 11.1 Å². The van der Waals surface area contributed by atoms with Crippen LogP contribution in [0.1, 0.15) is 0 Å². The summed E-state index contributed by atoms with van der Waals surface area (Å²) >= 11 is 12.7. The Morgan fingerprint density at radius 3 is 1.92 bits per heavy atom. The molecule has 0 fully saturated rings. The lowest BCUT2D eigenvalue weighted by molar-refractivity contribution is 1.91. The van der Waals surface area contributed by atoms with Crippen molar-refractivity contribution in [1.82, 2.24) is 0 Å². The van der Waals surface area contributed by atoms with Crippen LogP contribution in [-0.4, -0.2) is 13.9 Å². The Morgan fingerprint density at radius 1 is 1.15 bits per heavy atom. The van der Waals surface area contributed by atoms with Crippen molar-refractivity contribution in [3.05, 3.63) is 16.8 Å². The van der Waals surface area contributed by atoms with E-state index >= 15 is 0 Å². The molecule has 0 radical (unpaired) electrons. The topological polar surface area (TPSA) is 0 Å². The third-order valence-electron chi connectivity index (χ3n) is 1.90. The molecule has 0 saturated carbocycles. The van der Waals surface area contributed by atoms with Gasteiger partial charge in [0.15, 0.2) is 7.38 Å². The second-order valence-electron chi connectivity index (χ2n) is 4.08. The third kappa shape index (κ3) is 3.10. The summed E-state index contributed by atoms with van der Waals surface area (Å²) < 4.78 is 0. The van der Waals surface area contributed by atoms with Gasteiger partial charge in [-0.25, -0.2) is 0 Å². The van der Waals surface area contributed by atoms with Crippen molar-refractivity contribution in [3.8, 4) is 0 Å². The van der Waals surface area contributed by atoms with Gasteiger partial charge in [0.05, 0.1) is 0 Å². The molecule has 0 N–H and O–H groups in total. The summed E-state index contributed by atoms with van der Waals surface area (Å²) in [6.45, 7) is 7.13. The Hall–Kier alpha value is 0.714. The van der Waals surface area contributed by atoms with Crippen molar-refractivity contribution in [2.75, 3.05) is 0 Å². The van der Waals surface area contributed by atoms with Crippen molar-refractivity contribution in [1.29, 1.82) is 0 Å². The van der Waals surface area contributed by atoms with Gasteiger partial charge >= 0.3 is 6.53 Å². The third-order valence-corrected chi connectivity index (χ3v) is 12.2. The Balaban J connectivity index is 3.01. The lowest BCUT2D eigenvalue weighted by atomic mass is 10.7. The molecule has 1 aromatic rings. The molecule has 0 spiro atoms. The Bertz CT molecular complexity index is 267. The molecular formula is C8H15Cl2SSi2+. The van der Waals surface area contributed by atoms with Gasteiger partial charge in [-0.15, -0.1) is 0 Å². The van der Waals surface area contributed by atoms with Crippen LogP contribution in [-0.2, 0) is 0 Å². The number of thiophene rings is 1. The number of hydrogen-bond donors (Lipinski definition) is 0. The van der Waals surface area contributed by atoms with Crippen LogP contribution in [0, 0.1) is 0 Å². The van der Waals surface area contributed by atoms with Crippen LogP contribution in [0.3, 0.4) is 0 Å². The lowest BCUT2D eigenvalue weighted by Crippen LogP contribution is -2.33. The average molecular weight is 270 g/mol. The Morgan fingerprint density at radius 2 is 1.69 bits per heavy atom. The molecule has 1 unspecified atom stereocenters. The summed E-state index contributed by atoms with van der Waals surface area (Å²) in [6.07, 6.45) is 0. The smallest absolute Gasteiger partial charge is 0.161 e. The SMILES string of the molecule is C[Si](C)(Cl)c1cc[s+]([Si](C)(C)Cl)c1. The zero-order valence-corrected chi connectivity index (χ0v) is 12.7. The van der Waals surface area contributed by atoms with E-state index in [-0.39, 0.29) is 9.92 Å². The first-order chi connectivity index (χ1) is 5.71. The average Bonchev–Trinajstić information content (AvgIpc) is 2.28. The highest BCUT2D eigenvalue weighted by Crippen LogP contribution is 2.33. The predicted octanol–water partition coefficient (Wildman–Crippen LogP) is 3.88. The molecule has 1 heterocycles. The fourth-order valence-electron chi connectivity index (χ4n) is 1.00. The van der Waals surface area contributed by atoms with Crippen LogP contribution >= 0.6 is 32.1 Å². The molecule has 0 aliphatic rings. The molecule has 74 valence electrons.